The van der Waals surface area contributed by atoms with Crippen molar-refractivity contribution >= 4 is 24.0 Å². The van der Waals surface area contributed by atoms with Crippen LogP contribution in [0.5, 0.6) is 0 Å². The van der Waals surface area contributed by atoms with Crippen LogP contribution in [0.3, 0.4) is 0 Å². The van der Waals surface area contributed by atoms with Gasteiger partial charge < -0.3 is 10.6 Å². The second kappa shape index (κ2) is 7.46. The van der Waals surface area contributed by atoms with Crippen LogP contribution in [0.2, 0.25) is 0 Å². The van der Waals surface area contributed by atoms with E-state index in [9.17, 15) is 9.18 Å². The van der Waals surface area contributed by atoms with Gasteiger partial charge >= 0.3 is 0 Å². The van der Waals surface area contributed by atoms with Crippen LogP contribution in [0, 0.1) is 11.2 Å². The number of hydrogen-bond donors (Lipinski definition) is 1. The van der Waals surface area contributed by atoms with Gasteiger partial charge in [0.05, 0.1) is 5.41 Å². The summed E-state index contributed by atoms with van der Waals surface area (Å²) in [7, 11) is 1.70. The Labute approximate surface area is 120 Å². The minimum absolute atomic E-state index is 0. The van der Waals surface area contributed by atoms with Crippen molar-refractivity contribution in [3.8, 4) is 0 Å². The maximum Gasteiger partial charge on any atom is 0.234 e. The van der Waals surface area contributed by atoms with Crippen LogP contribution >= 0.6 is 12.4 Å². The van der Waals surface area contributed by atoms with E-state index in [2.05, 4.69) is 0 Å². The molecule has 0 saturated carbocycles. The molecule has 0 saturated heterocycles. The Bertz CT molecular complexity index is 396. The predicted octanol–water partition coefficient (Wildman–Crippen LogP) is 2.98. The van der Waals surface area contributed by atoms with Gasteiger partial charge in [0, 0.05) is 19.3 Å². The molecule has 1 aromatic rings. The lowest BCUT2D eigenvalue weighted by Crippen LogP contribution is -2.46. The molecule has 0 fully saturated rings. The molecule has 5 heteroatoms. The van der Waals surface area contributed by atoms with Gasteiger partial charge in [-0.25, -0.2) is 4.39 Å². The van der Waals surface area contributed by atoms with Crippen LogP contribution in [-0.4, -0.2) is 19.5 Å². The Kier molecular flexibility index (Phi) is 7.01. The minimum Gasteiger partial charge on any atom is -0.329 e. The van der Waals surface area contributed by atoms with Crippen molar-refractivity contribution in [1.29, 1.82) is 0 Å². The van der Waals surface area contributed by atoms with E-state index in [1.807, 2.05) is 13.8 Å². The number of nitrogens with two attached hydrogens (primary N) is 1. The van der Waals surface area contributed by atoms with Crippen LogP contribution < -0.4 is 10.6 Å². The third kappa shape index (κ3) is 3.67. The second-order valence-electron chi connectivity index (χ2n) is 4.53. The summed E-state index contributed by atoms with van der Waals surface area (Å²) in [6, 6.07) is 5.89. The van der Waals surface area contributed by atoms with Crippen molar-refractivity contribution in [2.45, 2.75) is 26.7 Å². The lowest BCUT2D eigenvalue weighted by molar-refractivity contribution is -0.127. The molecular formula is C14H22ClFN2O. The first-order valence-electron chi connectivity index (χ1n) is 6.24. The Morgan fingerprint density at radius 3 is 2.11 bits per heavy atom. The van der Waals surface area contributed by atoms with Gasteiger partial charge in [0.1, 0.15) is 5.82 Å². The van der Waals surface area contributed by atoms with Gasteiger partial charge in [0.15, 0.2) is 0 Å². The molecule has 1 amide bonds. The third-order valence-corrected chi connectivity index (χ3v) is 3.72. The van der Waals surface area contributed by atoms with Crippen LogP contribution in [0.4, 0.5) is 10.1 Å². The van der Waals surface area contributed by atoms with E-state index < -0.39 is 5.41 Å². The third-order valence-electron chi connectivity index (χ3n) is 3.72. The summed E-state index contributed by atoms with van der Waals surface area (Å²) in [6.45, 7) is 4.25. The summed E-state index contributed by atoms with van der Waals surface area (Å²) in [5.41, 5.74) is 5.92. The zero-order valence-corrected chi connectivity index (χ0v) is 12.5. The van der Waals surface area contributed by atoms with E-state index in [1.54, 1.807) is 24.1 Å². The second-order valence-corrected chi connectivity index (χ2v) is 4.53. The lowest BCUT2D eigenvalue weighted by atomic mass is 9.81. The minimum atomic E-state index is -0.525. The summed E-state index contributed by atoms with van der Waals surface area (Å²) in [4.78, 5) is 14.1. The molecule has 0 aliphatic carbocycles. The smallest absolute Gasteiger partial charge is 0.234 e. The maximum atomic E-state index is 12.9. The molecule has 108 valence electrons. The molecule has 0 spiro atoms. The van der Waals surface area contributed by atoms with Crippen molar-refractivity contribution in [2.75, 3.05) is 18.5 Å². The molecule has 1 aromatic carbocycles. The Morgan fingerprint density at radius 2 is 1.74 bits per heavy atom. The van der Waals surface area contributed by atoms with Crippen LogP contribution in [-0.2, 0) is 4.79 Å². The van der Waals surface area contributed by atoms with Crippen molar-refractivity contribution < 1.29 is 9.18 Å². The van der Waals surface area contributed by atoms with Crippen LogP contribution in [0.15, 0.2) is 24.3 Å². The topological polar surface area (TPSA) is 46.3 Å². The Balaban J connectivity index is 0.00000324. The Hall–Kier alpha value is -1.13. The quantitative estimate of drug-likeness (QED) is 0.905. The highest BCUT2D eigenvalue weighted by Gasteiger charge is 2.36. The van der Waals surface area contributed by atoms with Crippen molar-refractivity contribution in [3.05, 3.63) is 30.1 Å². The first-order chi connectivity index (χ1) is 8.50. The van der Waals surface area contributed by atoms with Crippen molar-refractivity contribution in [3.63, 3.8) is 0 Å². The normalized spacial score (nSPS) is 10.8. The van der Waals surface area contributed by atoms with Gasteiger partial charge in [-0.2, -0.15) is 0 Å². The van der Waals surface area contributed by atoms with Crippen LogP contribution in [0.1, 0.15) is 26.7 Å². The van der Waals surface area contributed by atoms with Gasteiger partial charge in [0.25, 0.3) is 0 Å². The molecule has 0 unspecified atom stereocenters. The van der Waals surface area contributed by atoms with E-state index in [-0.39, 0.29) is 24.1 Å². The fraction of sp³-hybridized carbons (Fsp3) is 0.500. The van der Waals surface area contributed by atoms with Gasteiger partial charge in [-0.15, -0.1) is 12.4 Å². The van der Waals surface area contributed by atoms with Gasteiger partial charge in [-0.05, 0) is 37.1 Å². The summed E-state index contributed by atoms with van der Waals surface area (Å²) in [5.74, 6) is -0.322. The molecule has 0 atom stereocenters. The number of rotatable bonds is 5. The molecule has 3 nitrogen and oxygen atoms in total. The monoisotopic (exact) mass is 288 g/mol. The standard InChI is InChI=1S/C14H21FN2O.ClH/c1-4-14(5-2,10-16)13(18)17(3)12-8-6-11(15)7-9-12;/h6-9H,4-5,10,16H2,1-3H3;1H. The lowest BCUT2D eigenvalue weighted by Gasteiger charge is -2.33. The van der Waals surface area contributed by atoms with Crippen molar-refractivity contribution in [1.82, 2.24) is 0 Å². The maximum absolute atomic E-state index is 12.9. The molecule has 0 radical (unpaired) electrons. The zero-order chi connectivity index (χ0) is 13.8. The summed E-state index contributed by atoms with van der Waals surface area (Å²) in [6.07, 6.45) is 1.40. The molecule has 0 heterocycles. The number of hydrogen-bond acceptors (Lipinski definition) is 2. The first-order valence-corrected chi connectivity index (χ1v) is 6.24. The highest BCUT2D eigenvalue weighted by atomic mass is 35.5. The highest BCUT2D eigenvalue weighted by Crippen LogP contribution is 2.29. The number of benzene rings is 1. The Morgan fingerprint density at radius 1 is 1.26 bits per heavy atom. The average molecular weight is 289 g/mol. The van der Waals surface area contributed by atoms with Crippen molar-refractivity contribution in [2.24, 2.45) is 11.1 Å². The number of anilines is 1. The van der Waals surface area contributed by atoms with Gasteiger partial charge in [-0.3, -0.25) is 4.79 Å². The number of carbonyl (C=O) groups is 1. The molecule has 19 heavy (non-hydrogen) atoms. The fourth-order valence-corrected chi connectivity index (χ4v) is 2.07. The van der Waals surface area contributed by atoms with E-state index in [4.69, 9.17) is 5.73 Å². The summed E-state index contributed by atoms with van der Waals surface area (Å²) < 4.78 is 12.9. The number of amides is 1. The first kappa shape index (κ1) is 17.9. The largest absolute Gasteiger partial charge is 0.329 e. The SMILES string of the molecule is CCC(CC)(CN)C(=O)N(C)c1ccc(F)cc1.Cl. The molecule has 1 rings (SSSR count). The molecule has 0 aliphatic heterocycles. The van der Waals surface area contributed by atoms with Gasteiger partial charge in [0.2, 0.25) is 5.91 Å². The predicted molar refractivity (Wildman–Crippen MR) is 79.1 cm³/mol. The molecular weight excluding hydrogens is 267 g/mol. The van der Waals surface area contributed by atoms with E-state index in [1.165, 1.54) is 12.1 Å². The zero-order valence-electron chi connectivity index (χ0n) is 11.6. The summed E-state index contributed by atoms with van der Waals surface area (Å²) in [5, 5.41) is 0. The van der Waals surface area contributed by atoms with Gasteiger partial charge in [-0.1, -0.05) is 13.8 Å². The number of carbonyl (C=O) groups excluding carboxylic acids is 1. The molecule has 0 aliphatic rings. The van der Waals surface area contributed by atoms with E-state index in [0.717, 1.165) is 0 Å². The number of nitrogens with zero attached hydrogens (tertiary/aromatic N) is 1. The number of halogens is 2. The summed E-state index contributed by atoms with van der Waals surface area (Å²) >= 11 is 0. The fourth-order valence-electron chi connectivity index (χ4n) is 2.07. The molecule has 0 bridgehead atoms. The van der Waals surface area contributed by atoms with Crippen LogP contribution in [0.25, 0.3) is 0 Å². The molecule has 0 aromatic heterocycles. The van der Waals surface area contributed by atoms with E-state index >= 15 is 0 Å². The molecule has 2 N–H and O–H groups in total. The van der Waals surface area contributed by atoms with E-state index in [0.29, 0.717) is 25.1 Å². The average Bonchev–Trinajstić information content (AvgIpc) is 2.41. The highest BCUT2D eigenvalue weighted by molar-refractivity contribution is 5.97.